The Morgan fingerprint density at radius 2 is 1.94 bits per heavy atom. The molecule has 0 aromatic rings. The summed E-state index contributed by atoms with van der Waals surface area (Å²) >= 11 is 0. The van der Waals surface area contributed by atoms with E-state index in [9.17, 15) is 8.42 Å². The highest BCUT2D eigenvalue weighted by Crippen LogP contribution is 2.36. The first kappa shape index (κ1) is 14.3. The van der Waals surface area contributed by atoms with Crippen LogP contribution in [0, 0.1) is 5.41 Å². The Balaban J connectivity index is 2.32. The lowest BCUT2D eigenvalue weighted by Crippen LogP contribution is -2.27. The molecule has 0 unspecified atom stereocenters. The minimum absolute atomic E-state index is 0.0936. The van der Waals surface area contributed by atoms with Crippen molar-refractivity contribution in [2.24, 2.45) is 5.41 Å². The third-order valence-corrected chi connectivity index (χ3v) is 5.12. The number of halogens is 1. The van der Waals surface area contributed by atoms with Crippen molar-refractivity contribution in [3.05, 3.63) is 0 Å². The van der Waals surface area contributed by atoms with Crippen LogP contribution in [0.4, 0.5) is 0 Å². The van der Waals surface area contributed by atoms with Crippen LogP contribution in [-0.2, 0) is 9.05 Å². The van der Waals surface area contributed by atoms with Crippen LogP contribution in [0.5, 0.6) is 0 Å². The van der Waals surface area contributed by atoms with E-state index < -0.39 is 9.05 Å². The molecule has 3 nitrogen and oxygen atoms in total. The highest BCUT2D eigenvalue weighted by molar-refractivity contribution is 8.13. The summed E-state index contributed by atoms with van der Waals surface area (Å²) in [5.74, 6) is 0.0936. The van der Waals surface area contributed by atoms with Crippen LogP contribution in [0.25, 0.3) is 0 Å². The molecule has 0 spiro atoms. The van der Waals surface area contributed by atoms with Crippen molar-refractivity contribution in [1.82, 2.24) is 4.90 Å². The van der Waals surface area contributed by atoms with E-state index in [4.69, 9.17) is 10.7 Å². The minimum atomic E-state index is -3.31. The number of hydrogen-bond acceptors (Lipinski definition) is 3. The molecule has 1 saturated heterocycles. The van der Waals surface area contributed by atoms with E-state index in [0.717, 1.165) is 19.6 Å². The lowest BCUT2D eigenvalue weighted by molar-refractivity contribution is 0.241. The van der Waals surface area contributed by atoms with Gasteiger partial charge in [-0.05, 0) is 44.2 Å². The second-order valence-electron chi connectivity index (χ2n) is 4.83. The molecule has 16 heavy (non-hydrogen) atoms. The molecule has 1 fully saturated rings. The zero-order valence-electron chi connectivity index (χ0n) is 10.2. The van der Waals surface area contributed by atoms with Gasteiger partial charge in [0, 0.05) is 17.2 Å². The molecule has 0 bridgehead atoms. The Bertz CT molecular complexity index is 312. The first-order chi connectivity index (χ1) is 7.41. The fourth-order valence-corrected chi connectivity index (χ4v) is 3.31. The third-order valence-electron chi connectivity index (χ3n) is 3.88. The predicted octanol–water partition coefficient (Wildman–Crippen LogP) is 2.46. The molecule has 0 radical (unpaired) electrons. The second-order valence-corrected chi connectivity index (χ2v) is 7.73. The van der Waals surface area contributed by atoms with Crippen molar-refractivity contribution in [2.45, 2.75) is 39.5 Å². The standard InChI is InChI=1S/C11H22ClNO2S/c1-3-11(4-2)6-8-13(10-11)7-5-9-16(12,14)15/h3-10H2,1-2H3. The fourth-order valence-electron chi connectivity index (χ4n) is 2.51. The summed E-state index contributed by atoms with van der Waals surface area (Å²) in [5.41, 5.74) is 0.472. The van der Waals surface area contributed by atoms with Crippen LogP contribution >= 0.6 is 10.7 Å². The largest absolute Gasteiger partial charge is 0.303 e. The number of hydrogen-bond donors (Lipinski definition) is 0. The van der Waals surface area contributed by atoms with Gasteiger partial charge in [0.2, 0.25) is 9.05 Å². The summed E-state index contributed by atoms with van der Waals surface area (Å²) in [6, 6.07) is 0. The Labute approximate surface area is 104 Å². The minimum Gasteiger partial charge on any atom is -0.303 e. The van der Waals surface area contributed by atoms with Gasteiger partial charge in [-0.25, -0.2) is 8.42 Å². The van der Waals surface area contributed by atoms with Crippen LogP contribution in [0.15, 0.2) is 0 Å². The molecule has 0 aliphatic carbocycles. The van der Waals surface area contributed by atoms with Gasteiger partial charge in [-0.3, -0.25) is 0 Å². The Kier molecular flexibility index (Phi) is 5.08. The predicted molar refractivity (Wildman–Crippen MR) is 68.3 cm³/mol. The van der Waals surface area contributed by atoms with Crippen LogP contribution in [0.1, 0.15) is 39.5 Å². The Morgan fingerprint density at radius 1 is 1.31 bits per heavy atom. The van der Waals surface area contributed by atoms with Gasteiger partial charge in [-0.1, -0.05) is 13.8 Å². The molecule has 0 atom stereocenters. The molecular weight excluding hydrogens is 246 g/mol. The van der Waals surface area contributed by atoms with Gasteiger partial charge in [0.1, 0.15) is 0 Å². The molecule has 0 saturated carbocycles. The van der Waals surface area contributed by atoms with Gasteiger partial charge >= 0.3 is 0 Å². The molecule has 0 amide bonds. The van der Waals surface area contributed by atoms with E-state index in [-0.39, 0.29) is 5.75 Å². The normalized spacial score (nSPS) is 21.4. The quantitative estimate of drug-likeness (QED) is 0.694. The molecule has 1 aliphatic rings. The lowest BCUT2D eigenvalue weighted by Gasteiger charge is -2.26. The van der Waals surface area contributed by atoms with Crippen molar-refractivity contribution >= 4 is 19.7 Å². The summed E-state index contributed by atoms with van der Waals surface area (Å²) < 4.78 is 21.6. The van der Waals surface area contributed by atoms with Crippen LogP contribution < -0.4 is 0 Å². The van der Waals surface area contributed by atoms with Crippen molar-refractivity contribution in [2.75, 3.05) is 25.4 Å². The second kappa shape index (κ2) is 5.69. The number of likely N-dealkylation sites (tertiary alicyclic amines) is 1. The maximum atomic E-state index is 10.8. The van der Waals surface area contributed by atoms with Crippen LogP contribution in [0.2, 0.25) is 0 Å². The first-order valence-electron chi connectivity index (χ1n) is 6.05. The maximum absolute atomic E-state index is 10.8. The lowest BCUT2D eigenvalue weighted by atomic mass is 9.82. The zero-order chi connectivity index (χ0) is 12.2. The summed E-state index contributed by atoms with van der Waals surface area (Å²) in [5, 5.41) is 0. The van der Waals surface area contributed by atoms with Gasteiger partial charge in [0.05, 0.1) is 5.75 Å². The van der Waals surface area contributed by atoms with Crippen molar-refractivity contribution in [1.29, 1.82) is 0 Å². The van der Waals surface area contributed by atoms with Crippen LogP contribution in [0.3, 0.4) is 0 Å². The summed E-state index contributed by atoms with van der Waals surface area (Å²) in [6.45, 7) is 7.56. The molecular formula is C11H22ClNO2S. The highest BCUT2D eigenvalue weighted by atomic mass is 35.7. The third kappa shape index (κ3) is 4.22. The SMILES string of the molecule is CCC1(CC)CCN(CCCS(=O)(=O)Cl)C1. The van der Waals surface area contributed by atoms with E-state index in [1.54, 1.807) is 0 Å². The topological polar surface area (TPSA) is 37.4 Å². The smallest absolute Gasteiger partial charge is 0.232 e. The molecule has 1 rings (SSSR count). The maximum Gasteiger partial charge on any atom is 0.232 e. The molecule has 0 aromatic carbocycles. The zero-order valence-corrected chi connectivity index (χ0v) is 11.8. The summed E-state index contributed by atoms with van der Waals surface area (Å²) in [4.78, 5) is 2.37. The molecule has 1 aliphatic heterocycles. The van der Waals surface area contributed by atoms with Gasteiger partial charge in [-0.2, -0.15) is 0 Å². The van der Waals surface area contributed by atoms with Gasteiger partial charge in [0.15, 0.2) is 0 Å². The van der Waals surface area contributed by atoms with Crippen molar-refractivity contribution < 1.29 is 8.42 Å². The van der Waals surface area contributed by atoms with E-state index in [2.05, 4.69) is 18.7 Å². The number of nitrogens with zero attached hydrogens (tertiary/aromatic N) is 1. The Morgan fingerprint density at radius 3 is 2.38 bits per heavy atom. The molecule has 1 heterocycles. The first-order valence-corrected chi connectivity index (χ1v) is 8.53. The molecule has 5 heteroatoms. The molecule has 0 N–H and O–H groups in total. The van der Waals surface area contributed by atoms with Gasteiger partial charge < -0.3 is 4.90 Å². The van der Waals surface area contributed by atoms with Crippen molar-refractivity contribution in [3.63, 3.8) is 0 Å². The Hall–Kier alpha value is 0.200. The molecule has 96 valence electrons. The summed E-state index contributed by atoms with van der Waals surface area (Å²) in [6.07, 6.45) is 4.32. The fraction of sp³-hybridized carbons (Fsp3) is 1.00. The highest BCUT2D eigenvalue weighted by Gasteiger charge is 2.34. The van der Waals surface area contributed by atoms with E-state index >= 15 is 0 Å². The van der Waals surface area contributed by atoms with Crippen LogP contribution in [-0.4, -0.2) is 38.7 Å². The van der Waals surface area contributed by atoms with E-state index in [1.165, 1.54) is 19.3 Å². The number of rotatable bonds is 6. The van der Waals surface area contributed by atoms with E-state index in [0.29, 0.717) is 11.8 Å². The molecule has 0 aromatic heterocycles. The average molecular weight is 268 g/mol. The van der Waals surface area contributed by atoms with Gasteiger partial charge in [-0.15, -0.1) is 0 Å². The monoisotopic (exact) mass is 267 g/mol. The summed E-state index contributed by atoms with van der Waals surface area (Å²) in [7, 11) is 1.87. The van der Waals surface area contributed by atoms with Gasteiger partial charge in [0.25, 0.3) is 0 Å². The average Bonchev–Trinajstić information content (AvgIpc) is 2.61. The van der Waals surface area contributed by atoms with E-state index in [1.807, 2.05) is 0 Å². The van der Waals surface area contributed by atoms with Crippen molar-refractivity contribution in [3.8, 4) is 0 Å².